The van der Waals surface area contributed by atoms with Crippen LogP contribution in [-0.2, 0) is 0 Å². The van der Waals surface area contributed by atoms with E-state index in [0.717, 1.165) is 9.40 Å². The number of nitrogens with two attached hydrogens (primary N) is 1. The predicted molar refractivity (Wildman–Crippen MR) is 131 cm³/mol. The molecule has 0 aliphatic heterocycles. The second-order valence-corrected chi connectivity index (χ2v) is 8.40. The third-order valence-electron chi connectivity index (χ3n) is 4.94. The number of hydrogen-bond acceptors (Lipinski definition) is 6. The molecule has 1 heterocycles. The Hall–Kier alpha value is -0.970. The molecule has 0 fully saturated rings. The van der Waals surface area contributed by atoms with Crippen LogP contribution < -0.4 is 15.9 Å². The fraction of sp³-hybridized carbons (Fsp3) is 0.381. The Labute approximate surface area is 195 Å². The lowest BCUT2D eigenvalue weighted by molar-refractivity contribution is 0.176. The van der Waals surface area contributed by atoms with Crippen molar-refractivity contribution in [2.24, 2.45) is 5.73 Å². The highest BCUT2D eigenvalue weighted by molar-refractivity contribution is 14.0. The number of halogens is 2. The SMILES string of the molecule is I.NC(CCO)(CCO)CCCOc1ccc(Cl)c2c(=O)c3ccccc3sc12. The highest BCUT2D eigenvalue weighted by atomic mass is 127. The zero-order chi connectivity index (χ0) is 20.1. The maximum absolute atomic E-state index is 12.9. The molecule has 0 saturated carbocycles. The van der Waals surface area contributed by atoms with Crippen molar-refractivity contribution in [3.8, 4) is 5.75 Å². The summed E-state index contributed by atoms with van der Waals surface area (Å²) >= 11 is 7.80. The number of aliphatic hydroxyl groups excluding tert-OH is 2. The van der Waals surface area contributed by atoms with Gasteiger partial charge in [-0.1, -0.05) is 23.7 Å². The second-order valence-electron chi connectivity index (χ2n) is 6.94. The molecule has 0 aliphatic rings. The lowest BCUT2D eigenvalue weighted by atomic mass is 9.88. The molecule has 3 rings (SSSR count). The molecule has 3 aromatic rings. The van der Waals surface area contributed by atoms with Gasteiger partial charge in [-0.2, -0.15) is 0 Å². The van der Waals surface area contributed by atoms with Gasteiger partial charge in [0.2, 0.25) is 0 Å². The second kappa shape index (κ2) is 10.9. The van der Waals surface area contributed by atoms with Gasteiger partial charge in [0.1, 0.15) is 5.75 Å². The van der Waals surface area contributed by atoms with E-state index in [0.29, 0.717) is 53.8 Å². The summed E-state index contributed by atoms with van der Waals surface area (Å²) in [5.41, 5.74) is 5.57. The van der Waals surface area contributed by atoms with Gasteiger partial charge in [-0.25, -0.2) is 0 Å². The summed E-state index contributed by atoms with van der Waals surface area (Å²) in [5.74, 6) is 0.624. The molecule has 1 aromatic heterocycles. The fourth-order valence-corrected chi connectivity index (χ4v) is 4.85. The lowest BCUT2D eigenvalue weighted by Gasteiger charge is -2.28. The Morgan fingerprint density at radius 2 is 1.76 bits per heavy atom. The molecule has 158 valence electrons. The lowest BCUT2D eigenvalue weighted by Crippen LogP contribution is -2.42. The molecule has 0 spiro atoms. The van der Waals surface area contributed by atoms with Crippen molar-refractivity contribution >= 4 is 67.1 Å². The van der Waals surface area contributed by atoms with Crippen LogP contribution in [0, 0.1) is 0 Å². The molecule has 29 heavy (non-hydrogen) atoms. The average Bonchev–Trinajstić information content (AvgIpc) is 2.67. The molecule has 2 aromatic carbocycles. The molecular formula is C21H25ClINO4S. The number of benzene rings is 2. The monoisotopic (exact) mass is 549 g/mol. The molecule has 0 radical (unpaired) electrons. The van der Waals surface area contributed by atoms with Gasteiger partial charge in [0.05, 0.1) is 21.7 Å². The van der Waals surface area contributed by atoms with E-state index in [1.165, 1.54) is 11.3 Å². The minimum absolute atomic E-state index is 0. The minimum atomic E-state index is -0.601. The number of ether oxygens (including phenoxy) is 1. The van der Waals surface area contributed by atoms with Crippen molar-refractivity contribution in [3.63, 3.8) is 0 Å². The zero-order valence-electron chi connectivity index (χ0n) is 15.9. The van der Waals surface area contributed by atoms with Crippen molar-refractivity contribution in [1.82, 2.24) is 0 Å². The van der Waals surface area contributed by atoms with Crippen LogP contribution >= 0.6 is 46.9 Å². The molecule has 0 atom stereocenters. The predicted octanol–water partition coefficient (Wildman–Crippen LogP) is 4.31. The summed E-state index contributed by atoms with van der Waals surface area (Å²) < 4.78 is 7.59. The van der Waals surface area contributed by atoms with Gasteiger partial charge in [-0.15, -0.1) is 35.3 Å². The highest BCUT2D eigenvalue weighted by Gasteiger charge is 2.23. The molecule has 4 N–H and O–H groups in total. The smallest absolute Gasteiger partial charge is 0.197 e. The van der Waals surface area contributed by atoms with E-state index in [2.05, 4.69) is 0 Å². The molecule has 0 bridgehead atoms. The molecule has 0 aliphatic carbocycles. The number of rotatable bonds is 9. The van der Waals surface area contributed by atoms with E-state index in [1.54, 1.807) is 18.2 Å². The molecule has 0 amide bonds. The Balaban J connectivity index is 0.00000300. The van der Waals surface area contributed by atoms with Crippen molar-refractivity contribution in [1.29, 1.82) is 0 Å². The first-order valence-corrected chi connectivity index (χ1v) is 10.5. The standard InChI is InChI=1S/C21H24ClNO4S.HI/c22-15-6-7-16(27-13-3-8-21(23,9-11-24)10-12-25)20-18(15)19(26)14-4-1-2-5-17(14)28-20;/h1-2,4-7,24-25H,3,8-13,23H2;1H. The number of hydrogen-bond donors (Lipinski definition) is 3. The first-order valence-electron chi connectivity index (χ1n) is 9.26. The maximum atomic E-state index is 12.9. The maximum Gasteiger partial charge on any atom is 0.197 e. The van der Waals surface area contributed by atoms with E-state index in [-0.39, 0.29) is 42.6 Å². The van der Waals surface area contributed by atoms with Crippen molar-refractivity contribution < 1.29 is 14.9 Å². The van der Waals surface area contributed by atoms with E-state index in [1.807, 2.05) is 18.2 Å². The fourth-order valence-electron chi connectivity index (χ4n) is 3.38. The van der Waals surface area contributed by atoms with E-state index >= 15 is 0 Å². The van der Waals surface area contributed by atoms with Gasteiger partial charge in [0.25, 0.3) is 0 Å². The summed E-state index contributed by atoms with van der Waals surface area (Å²) in [6.45, 7) is 0.390. The summed E-state index contributed by atoms with van der Waals surface area (Å²) in [5, 5.41) is 19.9. The first-order chi connectivity index (χ1) is 13.5. The Morgan fingerprint density at radius 1 is 1.07 bits per heavy atom. The minimum Gasteiger partial charge on any atom is -0.492 e. The summed E-state index contributed by atoms with van der Waals surface area (Å²) in [6, 6.07) is 10.9. The third-order valence-corrected chi connectivity index (χ3v) is 6.44. The Kier molecular flexibility index (Phi) is 9.12. The number of fused-ring (bicyclic) bond motifs is 2. The third kappa shape index (κ3) is 5.59. The zero-order valence-corrected chi connectivity index (χ0v) is 19.8. The van der Waals surface area contributed by atoms with Crippen LogP contribution in [0.1, 0.15) is 25.7 Å². The molecule has 8 heteroatoms. The van der Waals surface area contributed by atoms with Gasteiger partial charge in [0.15, 0.2) is 5.43 Å². The van der Waals surface area contributed by atoms with Gasteiger partial charge in [0, 0.05) is 28.8 Å². The van der Waals surface area contributed by atoms with Crippen LogP contribution in [0.2, 0.25) is 5.02 Å². The Morgan fingerprint density at radius 3 is 2.45 bits per heavy atom. The topological polar surface area (TPSA) is 92.8 Å². The normalized spacial score (nSPS) is 11.6. The average molecular weight is 550 g/mol. The van der Waals surface area contributed by atoms with E-state index in [4.69, 9.17) is 22.1 Å². The summed E-state index contributed by atoms with van der Waals surface area (Å²) in [6.07, 6.45) is 2.16. The van der Waals surface area contributed by atoms with Crippen LogP contribution in [0.25, 0.3) is 20.2 Å². The molecule has 0 saturated heterocycles. The summed E-state index contributed by atoms with van der Waals surface area (Å²) in [7, 11) is 0. The van der Waals surface area contributed by atoms with Gasteiger partial charge in [-0.3, -0.25) is 4.79 Å². The van der Waals surface area contributed by atoms with Crippen LogP contribution in [0.4, 0.5) is 0 Å². The molecule has 5 nitrogen and oxygen atoms in total. The highest BCUT2D eigenvalue weighted by Crippen LogP contribution is 2.36. The van der Waals surface area contributed by atoms with Crippen molar-refractivity contribution in [2.45, 2.75) is 31.2 Å². The molecule has 0 unspecified atom stereocenters. The van der Waals surface area contributed by atoms with Crippen LogP contribution in [0.3, 0.4) is 0 Å². The summed E-state index contributed by atoms with van der Waals surface area (Å²) in [4.78, 5) is 12.9. The van der Waals surface area contributed by atoms with Gasteiger partial charge >= 0.3 is 0 Å². The van der Waals surface area contributed by atoms with Crippen molar-refractivity contribution in [3.05, 3.63) is 51.6 Å². The van der Waals surface area contributed by atoms with Crippen LogP contribution in [0.5, 0.6) is 5.75 Å². The molecular weight excluding hydrogens is 525 g/mol. The van der Waals surface area contributed by atoms with Gasteiger partial charge < -0.3 is 20.7 Å². The Bertz CT molecular complexity index is 1020. The van der Waals surface area contributed by atoms with Crippen LogP contribution in [0.15, 0.2) is 41.2 Å². The van der Waals surface area contributed by atoms with Crippen molar-refractivity contribution in [2.75, 3.05) is 19.8 Å². The number of aliphatic hydroxyl groups is 2. The van der Waals surface area contributed by atoms with Gasteiger partial charge in [-0.05, 0) is 49.9 Å². The van der Waals surface area contributed by atoms with Crippen LogP contribution in [-0.4, -0.2) is 35.6 Å². The quantitative estimate of drug-likeness (QED) is 0.210. The van der Waals surface area contributed by atoms with E-state index < -0.39 is 5.54 Å². The van der Waals surface area contributed by atoms with E-state index in [9.17, 15) is 15.0 Å². The largest absolute Gasteiger partial charge is 0.492 e. The first kappa shape index (κ1) is 24.3.